The molecule has 32 heteroatoms. The smallest absolute Gasteiger partial charge is 0.397 e. The topological polar surface area (TPSA) is 435 Å². The van der Waals surface area contributed by atoms with E-state index in [4.69, 9.17) is 20.6 Å². The van der Waals surface area contributed by atoms with Gasteiger partial charge in [0.2, 0.25) is 0 Å². The summed E-state index contributed by atoms with van der Waals surface area (Å²) in [4.78, 5) is 8.88. The molecule has 0 heterocycles. The van der Waals surface area contributed by atoms with Gasteiger partial charge in [0.05, 0.1) is 52.4 Å². The number of nitrogens with one attached hydrogen (secondary N) is 1. The second-order valence-electron chi connectivity index (χ2n) is 11.7. The number of carbonyl (C=O) groups excluding carboxylic acids is 1. The first kappa shape index (κ1) is 47.5. The molecule has 60 heavy (non-hydrogen) atoms. The quantitative estimate of drug-likeness (QED) is 0.0427. The van der Waals surface area contributed by atoms with E-state index in [1.54, 1.807) is 0 Å². The van der Waals surface area contributed by atoms with Gasteiger partial charge in [-0.2, -0.15) is 43.9 Å². The minimum absolute atomic E-state index is 0.0546. The second kappa shape index (κ2) is 17.8. The van der Waals surface area contributed by atoms with Gasteiger partial charge in [-0.25, -0.2) is 30.0 Å². The number of sulfone groups is 2. The first-order valence-electron chi connectivity index (χ1n) is 15.6. The van der Waals surface area contributed by atoms with E-state index in [0.29, 0.717) is 6.07 Å². The number of fused-ring (bicyclic) bond motifs is 1. The predicted octanol–water partition coefficient (Wildman–Crippen LogP) is 2.29. The van der Waals surface area contributed by atoms with Gasteiger partial charge >= 0.3 is 26.8 Å². The van der Waals surface area contributed by atoms with Crippen LogP contribution in [-0.2, 0) is 75.6 Å². The van der Waals surface area contributed by atoms with Crippen molar-refractivity contribution in [2.75, 3.05) is 35.8 Å². The minimum atomic E-state index is -5.15. The molecule has 9 N–H and O–H groups in total. The summed E-state index contributed by atoms with van der Waals surface area (Å²) in [5.74, 6) is -1.93. The Morgan fingerprint density at radius 3 is 1.73 bits per heavy atom. The highest BCUT2D eigenvalue weighted by molar-refractivity contribution is 7.92. The van der Waals surface area contributed by atoms with Gasteiger partial charge in [0.15, 0.2) is 19.7 Å². The van der Waals surface area contributed by atoms with Gasteiger partial charge in [0.25, 0.3) is 20.2 Å². The van der Waals surface area contributed by atoms with Gasteiger partial charge in [-0.05, 0) is 59.5 Å². The zero-order valence-corrected chi connectivity index (χ0v) is 34.5. The van der Waals surface area contributed by atoms with Crippen molar-refractivity contribution in [2.45, 2.75) is 26.1 Å². The Balaban J connectivity index is 1.67. The third-order valence-corrected chi connectivity index (χ3v) is 13.5. The molecule has 0 unspecified atom stereocenters. The van der Waals surface area contributed by atoms with E-state index in [-0.39, 0.29) is 33.4 Å². The fourth-order valence-electron chi connectivity index (χ4n) is 4.97. The van der Waals surface area contributed by atoms with Crippen LogP contribution < -0.4 is 16.8 Å². The zero-order chi connectivity index (χ0) is 45.1. The number of urea groups is 1. The molecule has 0 spiro atoms. The number of primary amides is 1. The fourth-order valence-corrected chi connectivity index (χ4v) is 9.56. The Morgan fingerprint density at radius 1 is 0.650 bits per heavy atom. The van der Waals surface area contributed by atoms with Crippen LogP contribution in [0.15, 0.2) is 101 Å². The highest BCUT2D eigenvalue weighted by atomic mass is 32.3. The first-order valence-corrected chi connectivity index (χ1v) is 24.5. The summed E-state index contributed by atoms with van der Waals surface area (Å²) in [7, 11) is -28.9. The van der Waals surface area contributed by atoms with Crippen molar-refractivity contribution < 1.29 is 81.9 Å². The van der Waals surface area contributed by atoms with Crippen LogP contribution in [0.5, 0.6) is 0 Å². The molecule has 0 bridgehead atoms. The van der Waals surface area contributed by atoms with Gasteiger partial charge < -0.3 is 16.8 Å². The van der Waals surface area contributed by atoms with Gasteiger partial charge in [0, 0.05) is 5.39 Å². The average molecular weight is 960 g/mol. The molecular weight excluding hydrogens is 931 g/mol. The van der Waals surface area contributed by atoms with Crippen LogP contribution in [0.1, 0.15) is 5.56 Å². The monoisotopic (exact) mass is 959 g/mol. The number of amides is 2. The SMILES string of the molecule is NC(=O)Nc1cc(CN=Nc2ccc(S(=O)(=O)CCOS(=O)(=O)O)cc2S(=O)(=O)O)cc(N)c1N=Nc1ccc2cc(S(=O)(=O)CCOS(=O)(=O)O)ccc2c1S(=O)(=O)O. The van der Waals surface area contributed by atoms with E-state index in [1.165, 1.54) is 18.2 Å². The third kappa shape index (κ3) is 12.9. The Kier molecular flexibility index (Phi) is 14.1. The summed E-state index contributed by atoms with van der Waals surface area (Å²) in [5.41, 5.74) is 9.66. The van der Waals surface area contributed by atoms with E-state index in [2.05, 4.69) is 34.1 Å². The van der Waals surface area contributed by atoms with Crippen LogP contribution in [0.2, 0.25) is 0 Å². The van der Waals surface area contributed by atoms with Crippen LogP contribution >= 0.6 is 0 Å². The van der Waals surface area contributed by atoms with Crippen molar-refractivity contribution in [1.82, 2.24) is 0 Å². The average Bonchev–Trinajstić information content (AvgIpc) is 3.08. The summed E-state index contributed by atoms with van der Waals surface area (Å²) in [5, 5.41) is 17.2. The molecule has 0 radical (unpaired) electrons. The number of carbonyl (C=O) groups is 1. The number of benzene rings is 4. The molecule has 4 aromatic rings. The van der Waals surface area contributed by atoms with Crippen molar-refractivity contribution >= 4 is 106 Å². The fraction of sp³-hybridized carbons (Fsp3) is 0.179. The molecule has 326 valence electrons. The lowest BCUT2D eigenvalue weighted by molar-refractivity contribution is 0.259. The molecule has 0 saturated carbocycles. The van der Waals surface area contributed by atoms with E-state index >= 15 is 0 Å². The number of rotatable bonds is 18. The van der Waals surface area contributed by atoms with Gasteiger partial charge in [0.1, 0.15) is 26.9 Å². The minimum Gasteiger partial charge on any atom is -0.397 e. The first-order chi connectivity index (χ1) is 27.5. The zero-order valence-electron chi connectivity index (χ0n) is 29.6. The normalized spacial score (nSPS) is 13.3. The number of azo groups is 2. The van der Waals surface area contributed by atoms with Gasteiger partial charge in [-0.15, -0.1) is 10.2 Å². The lowest BCUT2D eigenvalue weighted by atomic mass is 10.1. The lowest BCUT2D eigenvalue weighted by Crippen LogP contribution is -2.19. The van der Waals surface area contributed by atoms with Crippen LogP contribution in [0.25, 0.3) is 10.8 Å². The van der Waals surface area contributed by atoms with E-state index in [1.807, 2.05) is 0 Å². The molecular formula is C28H29N7O19S6. The second-order valence-corrected chi connectivity index (χ2v) is 20.8. The third-order valence-electron chi connectivity index (χ3n) is 7.42. The van der Waals surface area contributed by atoms with Gasteiger partial charge in [-0.3, -0.25) is 18.2 Å². The van der Waals surface area contributed by atoms with E-state index in [9.17, 15) is 64.4 Å². The van der Waals surface area contributed by atoms with Crippen molar-refractivity contribution in [1.29, 1.82) is 0 Å². The summed E-state index contributed by atoms with van der Waals surface area (Å²) in [6.07, 6.45) is 0. The van der Waals surface area contributed by atoms with Crippen molar-refractivity contribution in [3.05, 3.63) is 66.2 Å². The largest absolute Gasteiger partial charge is 0.397 e. The number of nitrogens with two attached hydrogens (primary N) is 2. The summed E-state index contributed by atoms with van der Waals surface area (Å²) in [6, 6.07) is 8.67. The maximum absolute atomic E-state index is 12.7. The Hall–Kier alpha value is -5.13. The molecule has 0 aliphatic carbocycles. The highest BCUT2D eigenvalue weighted by Gasteiger charge is 2.25. The summed E-state index contributed by atoms with van der Waals surface area (Å²) >= 11 is 0. The van der Waals surface area contributed by atoms with Crippen LogP contribution in [0, 0.1) is 0 Å². The maximum Gasteiger partial charge on any atom is 0.397 e. The van der Waals surface area contributed by atoms with Crippen molar-refractivity contribution in [2.24, 2.45) is 26.2 Å². The molecule has 2 amide bonds. The standard InChI is InChI=1S/C28H29N7O19S6/c29-21-11-16(15-31-33-22-6-3-19(14-25(22)57(41,42)43)56(39,40)10-8-54-60(50,51)52)12-24(32-28(30)36)26(21)35-34-23-5-1-17-13-18(2-4-20(17)27(23)58(44,45)46)55(37,38)9-7-53-59(47,48)49/h1-6,11-14H,7-10,15,29H2,(H3,30,32,36)(H,41,42,43)(H,44,45,46)(H,47,48,49)(H,50,51,52). The predicted molar refractivity (Wildman–Crippen MR) is 206 cm³/mol. The molecule has 4 aromatic carbocycles. The maximum atomic E-state index is 12.7. The molecule has 0 aromatic heterocycles. The Bertz CT molecular complexity index is 3120. The van der Waals surface area contributed by atoms with Crippen LogP contribution in [-0.4, -0.2) is 99.5 Å². The van der Waals surface area contributed by atoms with Crippen LogP contribution in [0.3, 0.4) is 0 Å². The molecule has 0 atom stereocenters. The molecule has 0 aliphatic rings. The Labute approximate surface area is 340 Å². The number of nitrogen functional groups attached to an aromatic ring is 1. The molecule has 0 saturated heterocycles. The number of nitrogens with zero attached hydrogens (tertiary/aromatic N) is 4. The number of hydrogen-bond acceptors (Lipinski definition) is 20. The lowest BCUT2D eigenvalue weighted by Gasteiger charge is -2.12. The van der Waals surface area contributed by atoms with Crippen molar-refractivity contribution in [3.8, 4) is 0 Å². The summed E-state index contributed by atoms with van der Waals surface area (Å²) < 4.78 is 188. The van der Waals surface area contributed by atoms with Gasteiger partial charge in [-0.1, -0.05) is 12.1 Å². The molecule has 4 rings (SSSR count). The van der Waals surface area contributed by atoms with Crippen molar-refractivity contribution in [3.63, 3.8) is 0 Å². The van der Waals surface area contributed by atoms with E-state index < -0.39 is 129 Å². The number of hydrogen-bond donors (Lipinski definition) is 7. The molecule has 0 fully saturated rings. The molecule has 0 aliphatic heterocycles. The number of anilines is 2. The summed E-state index contributed by atoms with van der Waals surface area (Å²) in [6.45, 7) is -2.42. The van der Waals surface area contributed by atoms with Crippen LogP contribution in [0.4, 0.5) is 33.2 Å². The molecule has 26 nitrogen and oxygen atoms in total. The van der Waals surface area contributed by atoms with E-state index in [0.717, 1.165) is 36.4 Å². The highest BCUT2D eigenvalue weighted by Crippen LogP contribution is 2.39. The Morgan fingerprint density at radius 2 is 1.20 bits per heavy atom.